The summed E-state index contributed by atoms with van der Waals surface area (Å²) in [5.41, 5.74) is 8.55. The Morgan fingerprint density at radius 1 is 1.23 bits per heavy atom. The van der Waals surface area contributed by atoms with Gasteiger partial charge in [0.05, 0.1) is 18.0 Å². The van der Waals surface area contributed by atoms with Crippen LogP contribution in [0.5, 0.6) is 6.01 Å². The summed E-state index contributed by atoms with van der Waals surface area (Å²) in [6.07, 6.45) is 2.23. The van der Waals surface area contributed by atoms with Crippen LogP contribution in [0.25, 0.3) is 15.6 Å². The first kappa shape index (κ1) is 28.8. The number of halogens is 1. The number of nitrogen functional groups attached to an aromatic ring is 1. The van der Waals surface area contributed by atoms with Gasteiger partial charge in [-0.25, -0.2) is 15.9 Å². The molecular formula is C31H35FN8O3. The van der Waals surface area contributed by atoms with Crippen LogP contribution in [-0.4, -0.2) is 89.1 Å². The molecule has 3 aromatic rings. The van der Waals surface area contributed by atoms with Crippen LogP contribution >= 0.6 is 0 Å². The Morgan fingerprint density at radius 2 is 2.07 bits per heavy atom. The zero-order valence-electron chi connectivity index (χ0n) is 24.2. The fourth-order valence-electron chi connectivity index (χ4n) is 6.32. The number of likely N-dealkylation sites (tertiary alicyclic amines) is 1. The van der Waals surface area contributed by atoms with Crippen molar-refractivity contribution in [1.29, 1.82) is 0 Å². The number of likely N-dealkylation sites (N-methyl/N-ethyl adjacent to an activating group) is 1. The van der Waals surface area contributed by atoms with Crippen molar-refractivity contribution in [2.75, 3.05) is 57.0 Å². The number of rotatable bonds is 7. The average Bonchev–Trinajstić information content (AvgIpc) is 3.42. The van der Waals surface area contributed by atoms with Crippen LogP contribution in [0.2, 0.25) is 0 Å². The van der Waals surface area contributed by atoms with Crippen molar-refractivity contribution >= 4 is 28.3 Å². The lowest BCUT2D eigenvalue weighted by atomic mass is 9.98. The lowest BCUT2D eigenvalue weighted by Crippen LogP contribution is -2.57. The Bertz CT molecular complexity index is 1590. The smallest absolute Gasteiger partial charge is 0.318 e. The van der Waals surface area contributed by atoms with E-state index in [2.05, 4.69) is 28.4 Å². The second kappa shape index (κ2) is 12.1. The molecule has 0 aliphatic carbocycles. The number of ether oxygens (including phenoxy) is 2. The fraction of sp³-hybridized carbons (Fsp3) is 0.452. The highest BCUT2D eigenvalue weighted by atomic mass is 19.1. The lowest BCUT2D eigenvalue weighted by Gasteiger charge is -2.40. The Hall–Kier alpha value is -4.34. The zero-order chi connectivity index (χ0) is 30.1. The molecule has 5 heterocycles. The van der Waals surface area contributed by atoms with E-state index < -0.39 is 17.8 Å². The molecule has 0 spiro atoms. The summed E-state index contributed by atoms with van der Waals surface area (Å²) >= 11 is 0. The van der Waals surface area contributed by atoms with Gasteiger partial charge in [0.1, 0.15) is 30.4 Å². The molecule has 3 atom stereocenters. The van der Waals surface area contributed by atoms with Crippen LogP contribution < -0.4 is 15.4 Å². The van der Waals surface area contributed by atoms with E-state index >= 15 is 0 Å². The van der Waals surface area contributed by atoms with E-state index in [4.69, 9.17) is 31.7 Å². The van der Waals surface area contributed by atoms with Crippen LogP contribution in [0.3, 0.4) is 0 Å². The number of piperazine rings is 1. The van der Waals surface area contributed by atoms with E-state index in [1.807, 2.05) is 35.2 Å². The number of hydrogen-bond acceptors (Lipinski definition) is 9. The maximum Gasteiger partial charge on any atom is 0.318 e. The third-order valence-electron chi connectivity index (χ3n) is 8.61. The van der Waals surface area contributed by atoms with Gasteiger partial charge >= 0.3 is 6.01 Å². The molecular weight excluding hydrogens is 551 g/mol. The predicted molar refractivity (Wildman–Crippen MR) is 160 cm³/mol. The van der Waals surface area contributed by atoms with Crippen molar-refractivity contribution in [3.05, 3.63) is 71.1 Å². The zero-order valence-corrected chi connectivity index (χ0v) is 24.2. The third kappa shape index (κ3) is 5.83. The molecule has 11 nitrogen and oxygen atoms in total. The normalized spacial score (nSPS) is 22.3. The minimum atomic E-state index is -1.03. The molecule has 6 rings (SSSR count). The molecule has 43 heavy (non-hydrogen) atoms. The number of nitrogens with two attached hydrogens (primary N) is 1. The first-order chi connectivity index (χ1) is 20.8. The molecule has 2 aromatic heterocycles. The van der Waals surface area contributed by atoms with Crippen LogP contribution in [-0.2, 0) is 22.6 Å². The molecule has 3 aliphatic heterocycles. The first-order valence-corrected chi connectivity index (χ1v) is 14.6. The van der Waals surface area contributed by atoms with Crippen molar-refractivity contribution < 1.29 is 18.7 Å². The molecule has 2 N–H and O–H groups in total. The van der Waals surface area contributed by atoms with E-state index in [1.54, 1.807) is 0 Å². The number of anilines is 2. The van der Waals surface area contributed by atoms with Gasteiger partial charge in [-0.15, -0.1) is 0 Å². The number of benzene rings is 1. The van der Waals surface area contributed by atoms with Gasteiger partial charge in [-0.05, 0) is 37.9 Å². The van der Waals surface area contributed by atoms with E-state index in [1.165, 1.54) is 4.90 Å². The number of fused-ring (bicyclic) bond motifs is 2. The molecule has 0 radical (unpaired) electrons. The van der Waals surface area contributed by atoms with E-state index in [-0.39, 0.29) is 37.9 Å². The highest BCUT2D eigenvalue weighted by molar-refractivity contribution is 5.91. The number of nitrogens with zero attached hydrogens (tertiary/aromatic N) is 7. The molecule has 12 heteroatoms. The molecule has 3 aliphatic rings. The fourth-order valence-corrected chi connectivity index (χ4v) is 6.32. The minimum Gasteiger partial charge on any atom is -0.462 e. The van der Waals surface area contributed by atoms with Gasteiger partial charge < -0.3 is 34.8 Å². The van der Waals surface area contributed by atoms with Crippen LogP contribution in [0, 0.1) is 6.57 Å². The summed E-state index contributed by atoms with van der Waals surface area (Å²) < 4.78 is 26.4. The molecule has 0 bridgehead atoms. The number of carbonyl (C=O) groups is 1. The highest BCUT2D eigenvalue weighted by Crippen LogP contribution is 2.37. The van der Waals surface area contributed by atoms with Gasteiger partial charge in [-0.2, -0.15) is 9.97 Å². The van der Waals surface area contributed by atoms with Gasteiger partial charge in [-0.3, -0.25) is 4.79 Å². The predicted octanol–water partition coefficient (Wildman–Crippen LogP) is 3.31. The van der Waals surface area contributed by atoms with Crippen molar-refractivity contribution in [2.24, 2.45) is 0 Å². The molecule has 1 aromatic carbocycles. The molecule has 2 saturated heterocycles. The summed E-state index contributed by atoms with van der Waals surface area (Å²) in [4.78, 5) is 36.1. The molecule has 2 fully saturated rings. The largest absolute Gasteiger partial charge is 0.462 e. The van der Waals surface area contributed by atoms with Gasteiger partial charge in [0.25, 0.3) is 5.91 Å². The van der Waals surface area contributed by atoms with Crippen molar-refractivity contribution in [3.63, 3.8) is 0 Å². The topological polar surface area (TPSA) is 114 Å². The molecule has 0 saturated carbocycles. The van der Waals surface area contributed by atoms with E-state index in [0.29, 0.717) is 37.8 Å². The number of carbonyl (C=O) groups excluding carboxylic acids is 1. The van der Waals surface area contributed by atoms with Gasteiger partial charge in [0.2, 0.25) is 6.54 Å². The van der Waals surface area contributed by atoms with Crippen LogP contribution in [0.4, 0.5) is 16.0 Å². The minimum absolute atomic E-state index is 0.0346. The van der Waals surface area contributed by atoms with Crippen LogP contribution in [0.15, 0.2) is 42.7 Å². The van der Waals surface area contributed by atoms with Crippen molar-refractivity contribution in [1.82, 2.24) is 24.8 Å². The van der Waals surface area contributed by atoms with Gasteiger partial charge in [-0.1, -0.05) is 30.8 Å². The summed E-state index contributed by atoms with van der Waals surface area (Å²) in [6, 6.07) is 9.84. The second-order valence-electron chi connectivity index (χ2n) is 11.3. The Balaban J connectivity index is 1.34. The second-order valence-corrected chi connectivity index (χ2v) is 11.3. The number of hydrogen-bond donors (Lipinski definition) is 1. The summed E-state index contributed by atoms with van der Waals surface area (Å²) in [5.74, 6) is -0.747. The maximum atomic E-state index is 13.8. The Kier molecular flexibility index (Phi) is 8.10. The average molecular weight is 587 g/mol. The number of pyridine rings is 1. The number of amides is 1. The van der Waals surface area contributed by atoms with Crippen molar-refractivity contribution in [3.8, 4) is 6.01 Å². The Labute approximate surface area is 249 Å². The summed E-state index contributed by atoms with van der Waals surface area (Å²) in [6.45, 7) is 13.3. The van der Waals surface area contributed by atoms with E-state index in [0.717, 1.165) is 47.1 Å². The standard InChI is InChI=1S/C31H35FN8O3/c1-19(32)30(41)40-12-11-39(16-22(40)15-34-2)29-24-18-42-26(28-23-9-5-4-7-20(23)13-27(33)36-28)14-25(24)35-31(37-29)43-17-21-8-6-10-38(21)3/h4-5,7,9,13,21-22,26H,1,6,8,10-12,14-18H2,3H3,(H2,33,36)/t21-,22+,26?/m0/s1. The van der Waals surface area contributed by atoms with Gasteiger partial charge in [0.15, 0.2) is 5.83 Å². The van der Waals surface area contributed by atoms with Crippen molar-refractivity contribution in [2.45, 2.75) is 44.1 Å². The first-order valence-electron chi connectivity index (χ1n) is 14.6. The summed E-state index contributed by atoms with van der Waals surface area (Å²) in [5, 5.41) is 1.96. The molecule has 1 amide bonds. The quantitative estimate of drug-likeness (QED) is 0.329. The number of aromatic nitrogens is 3. The highest BCUT2D eigenvalue weighted by Gasteiger charge is 2.37. The van der Waals surface area contributed by atoms with E-state index in [9.17, 15) is 9.18 Å². The van der Waals surface area contributed by atoms with Gasteiger partial charge in [0, 0.05) is 43.0 Å². The Morgan fingerprint density at radius 3 is 2.84 bits per heavy atom. The molecule has 224 valence electrons. The maximum absolute atomic E-state index is 13.8. The summed E-state index contributed by atoms with van der Waals surface area (Å²) in [7, 11) is 2.09. The SMILES string of the molecule is [C-]#[N+]C[C@@H]1CN(c2nc(OC[C@@H]3CCCN3C)nc3c2COC(c2nc(N)cc4ccccc24)C3)CCN1C(=O)C(=C)F. The monoisotopic (exact) mass is 586 g/mol. The molecule has 1 unspecified atom stereocenters. The third-order valence-corrected chi connectivity index (χ3v) is 8.61. The lowest BCUT2D eigenvalue weighted by molar-refractivity contribution is -0.131. The van der Waals surface area contributed by atoms with Crippen LogP contribution in [0.1, 0.15) is 35.9 Å².